The number of hydrogen-bond donors (Lipinski definition) is 4. The number of carboxylic acid groups (broad SMARTS) is 1. The SMILES string of the molecule is O=C(CC1CN(S(=O)(=O)c2cc3cc(Cl)ccc3[nH]2)CCN1)NS(=O)(=O)c1ccccc1.O=C(O)C(F)(F)F. The maximum Gasteiger partial charge on any atom is 0.490 e. The summed E-state index contributed by atoms with van der Waals surface area (Å²) in [5.41, 5.74) is 0.644. The molecular formula is C22H22ClF3N4O7S2. The lowest BCUT2D eigenvalue weighted by molar-refractivity contribution is -0.192. The van der Waals surface area contributed by atoms with E-state index in [4.69, 9.17) is 21.5 Å². The first-order chi connectivity index (χ1) is 18.1. The molecule has 1 aliphatic heterocycles. The van der Waals surface area contributed by atoms with E-state index in [1.807, 2.05) is 4.72 Å². The number of piperazine rings is 1. The Labute approximate surface area is 226 Å². The minimum Gasteiger partial charge on any atom is -0.475 e. The van der Waals surface area contributed by atoms with Crippen LogP contribution in [0.25, 0.3) is 10.9 Å². The second-order valence-electron chi connectivity index (χ2n) is 8.23. The van der Waals surface area contributed by atoms with Crippen LogP contribution in [0.3, 0.4) is 0 Å². The van der Waals surface area contributed by atoms with Crippen molar-refractivity contribution in [1.82, 2.24) is 19.3 Å². The maximum atomic E-state index is 13.1. The van der Waals surface area contributed by atoms with Gasteiger partial charge in [0.05, 0.1) is 4.90 Å². The number of carbonyl (C=O) groups is 2. The van der Waals surface area contributed by atoms with Crippen LogP contribution in [0.2, 0.25) is 5.02 Å². The fraction of sp³-hybridized carbons (Fsp3) is 0.273. The van der Waals surface area contributed by atoms with Gasteiger partial charge in [-0.3, -0.25) is 4.79 Å². The minimum atomic E-state index is -5.08. The maximum absolute atomic E-state index is 13.1. The number of amides is 1. The summed E-state index contributed by atoms with van der Waals surface area (Å²) in [6.45, 7) is 0.574. The van der Waals surface area contributed by atoms with E-state index in [9.17, 15) is 34.8 Å². The van der Waals surface area contributed by atoms with E-state index in [1.165, 1.54) is 22.5 Å². The molecule has 0 radical (unpaired) electrons. The Kier molecular flexibility index (Phi) is 9.27. The molecule has 1 aromatic heterocycles. The predicted molar refractivity (Wildman–Crippen MR) is 134 cm³/mol. The van der Waals surface area contributed by atoms with Crippen molar-refractivity contribution in [2.45, 2.75) is 28.6 Å². The fourth-order valence-corrected chi connectivity index (χ4v) is 6.28. The topological polar surface area (TPSA) is 166 Å². The van der Waals surface area contributed by atoms with E-state index in [1.54, 1.807) is 36.4 Å². The Morgan fingerprint density at radius 2 is 1.72 bits per heavy atom. The van der Waals surface area contributed by atoms with Gasteiger partial charge < -0.3 is 15.4 Å². The number of hydrogen-bond acceptors (Lipinski definition) is 7. The van der Waals surface area contributed by atoms with E-state index < -0.39 is 44.1 Å². The molecule has 0 aliphatic carbocycles. The van der Waals surface area contributed by atoms with E-state index in [-0.39, 0.29) is 29.4 Å². The lowest BCUT2D eigenvalue weighted by atomic mass is 10.1. The molecule has 1 amide bonds. The summed E-state index contributed by atoms with van der Waals surface area (Å²) in [7, 11) is -7.83. The molecule has 17 heteroatoms. The smallest absolute Gasteiger partial charge is 0.475 e. The van der Waals surface area contributed by atoms with Crippen molar-refractivity contribution in [3.8, 4) is 0 Å². The van der Waals surface area contributed by atoms with Gasteiger partial charge in [0.15, 0.2) is 0 Å². The van der Waals surface area contributed by atoms with Crippen molar-refractivity contribution in [3.05, 3.63) is 59.6 Å². The highest BCUT2D eigenvalue weighted by Gasteiger charge is 2.38. The normalized spacial score (nSPS) is 16.8. The number of fused-ring (bicyclic) bond motifs is 1. The van der Waals surface area contributed by atoms with Crippen LogP contribution < -0.4 is 10.0 Å². The van der Waals surface area contributed by atoms with Gasteiger partial charge in [-0.15, -0.1) is 0 Å². The molecule has 1 aliphatic rings. The van der Waals surface area contributed by atoms with Crippen molar-refractivity contribution in [1.29, 1.82) is 0 Å². The summed E-state index contributed by atoms with van der Waals surface area (Å²) >= 11 is 5.98. The van der Waals surface area contributed by atoms with Crippen LogP contribution in [0.15, 0.2) is 64.5 Å². The monoisotopic (exact) mass is 610 g/mol. The number of H-pyrrole nitrogens is 1. The third kappa shape index (κ3) is 7.92. The fourth-order valence-electron chi connectivity index (χ4n) is 3.58. The predicted octanol–water partition coefficient (Wildman–Crippen LogP) is 2.31. The lowest BCUT2D eigenvalue weighted by Gasteiger charge is -2.32. The van der Waals surface area contributed by atoms with Crippen molar-refractivity contribution in [2.24, 2.45) is 0 Å². The van der Waals surface area contributed by atoms with E-state index in [2.05, 4.69) is 10.3 Å². The molecular weight excluding hydrogens is 589 g/mol. The molecule has 4 N–H and O–H groups in total. The number of carboxylic acids is 1. The highest BCUT2D eigenvalue weighted by atomic mass is 35.5. The number of nitrogens with one attached hydrogen (secondary N) is 3. The van der Waals surface area contributed by atoms with E-state index in [0.717, 1.165) is 0 Å². The zero-order valence-electron chi connectivity index (χ0n) is 19.8. The van der Waals surface area contributed by atoms with Crippen molar-refractivity contribution >= 4 is 54.4 Å². The largest absolute Gasteiger partial charge is 0.490 e. The van der Waals surface area contributed by atoms with Gasteiger partial charge in [0.1, 0.15) is 5.03 Å². The van der Waals surface area contributed by atoms with Gasteiger partial charge in [0.2, 0.25) is 5.91 Å². The summed E-state index contributed by atoms with van der Waals surface area (Å²) in [5, 5.41) is 11.4. The van der Waals surface area contributed by atoms with Crippen LogP contribution in [-0.2, 0) is 29.6 Å². The van der Waals surface area contributed by atoms with Crippen LogP contribution in [0.4, 0.5) is 13.2 Å². The number of halogens is 4. The Morgan fingerprint density at radius 3 is 2.33 bits per heavy atom. The molecule has 2 heterocycles. The number of aromatic amines is 1. The Morgan fingerprint density at radius 1 is 1.08 bits per heavy atom. The van der Waals surface area contributed by atoms with Gasteiger partial charge in [0, 0.05) is 48.0 Å². The first-order valence-corrected chi connectivity index (χ1v) is 14.3. The highest BCUT2D eigenvalue weighted by molar-refractivity contribution is 7.90. The molecule has 2 aromatic carbocycles. The Bertz CT molecular complexity index is 1560. The highest BCUT2D eigenvalue weighted by Crippen LogP contribution is 2.25. The quantitative estimate of drug-likeness (QED) is 0.330. The summed E-state index contributed by atoms with van der Waals surface area (Å²) in [6, 6.07) is 13.6. The standard InChI is InChI=1S/C20H21ClN4O5S2.C2HF3O2/c21-15-6-7-18-14(10-15)11-20(23-18)32(29,30)25-9-8-22-16(13-25)12-19(26)24-31(27,28)17-4-2-1-3-5-17;3-2(4,5)1(6)7/h1-7,10-11,16,22-23H,8-9,12-13H2,(H,24,26);(H,6,7). The number of nitrogens with zero attached hydrogens (tertiary/aromatic N) is 1. The number of benzene rings is 2. The van der Waals surface area contributed by atoms with Crippen LogP contribution in [-0.4, -0.2) is 75.0 Å². The molecule has 1 saturated heterocycles. The van der Waals surface area contributed by atoms with Crippen LogP contribution in [0.5, 0.6) is 0 Å². The zero-order valence-corrected chi connectivity index (χ0v) is 22.2. The molecule has 1 unspecified atom stereocenters. The van der Waals surface area contributed by atoms with Gasteiger partial charge in [-0.2, -0.15) is 17.5 Å². The van der Waals surface area contributed by atoms with E-state index in [0.29, 0.717) is 22.5 Å². The molecule has 0 spiro atoms. The second kappa shape index (κ2) is 11.9. The molecule has 0 saturated carbocycles. The molecule has 1 fully saturated rings. The van der Waals surface area contributed by atoms with Crippen molar-refractivity contribution in [3.63, 3.8) is 0 Å². The van der Waals surface area contributed by atoms with E-state index >= 15 is 0 Å². The zero-order chi connectivity index (χ0) is 29.0. The number of aromatic nitrogens is 1. The average molecular weight is 611 g/mol. The van der Waals surface area contributed by atoms with Crippen molar-refractivity contribution in [2.75, 3.05) is 19.6 Å². The number of carbonyl (C=O) groups excluding carboxylic acids is 1. The molecule has 212 valence electrons. The molecule has 1 atom stereocenters. The van der Waals surface area contributed by atoms with Gasteiger partial charge in [-0.05, 0) is 36.4 Å². The Balaban J connectivity index is 0.000000532. The summed E-state index contributed by atoms with van der Waals surface area (Å²) < 4.78 is 86.0. The van der Waals surface area contributed by atoms with Crippen molar-refractivity contribution < 1.29 is 44.7 Å². The molecule has 11 nitrogen and oxygen atoms in total. The minimum absolute atomic E-state index is 0.0203. The lowest BCUT2D eigenvalue weighted by Crippen LogP contribution is -2.54. The molecule has 39 heavy (non-hydrogen) atoms. The van der Waals surface area contributed by atoms with Crippen LogP contribution >= 0.6 is 11.6 Å². The first kappa shape index (κ1) is 30.4. The molecule has 0 bridgehead atoms. The van der Waals surface area contributed by atoms with Crippen LogP contribution in [0.1, 0.15) is 6.42 Å². The van der Waals surface area contributed by atoms with Crippen LogP contribution in [0, 0.1) is 0 Å². The summed E-state index contributed by atoms with van der Waals surface area (Å²) in [5.74, 6) is -3.47. The first-order valence-electron chi connectivity index (χ1n) is 11.0. The van der Waals surface area contributed by atoms with Gasteiger partial charge in [0.25, 0.3) is 20.0 Å². The summed E-state index contributed by atoms with van der Waals surface area (Å²) in [6.07, 6.45) is -5.28. The number of aliphatic carboxylic acids is 1. The molecule has 3 aromatic rings. The van der Waals surface area contributed by atoms with Gasteiger partial charge in [-0.25, -0.2) is 26.4 Å². The average Bonchev–Trinajstić information content (AvgIpc) is 3.28. The third-order valence-corrected chi connectivity index (χ3v) is 8.78. The number of sulfonamides is 2. The number of rotatable bonds is 6. The van der Waals surface area contributed by atoms with Gasteiger partial charge >= 0.3 is 12.1 Å². The van der Waals surface area contributed by atoms with Gasteiger partial charge in [-0.1, -0.05) is 29.8 Å². The summed E-state index contributed by atoms with van der Waals surface area (Å²) in [4.78, 5) is 24.1. The third-order valence-electron chi connectivity index (χ3n) is 5.37. The molecule has 4 rings (SSSR count). The second-order valence-corrected chi connectivity index (χ2v) is 12.3. The Hall–Kier alpha value is -3.18. The number of alkyl halides is 3.